The molecule has 0 unspecified atom stereocenters. The SMILES string of the molecule is NCc1ccc(N(CCO)C2CCC2)cc1. The zero-order chi connectivity index (χ0) is 11.4. The number of rotatable bonds is 5. The molecule has 88 valence electrons. The van der Waals surface area contributed by atoms with Crippen LogP contribution in [0.4, 0.5) is 5.69 Å². The standard InChI is InChI=1S/C13H20N2O/c14-10-11-4-6-13(7-5-11)15(8-9-16)12-2-1-3-12/h4-7,12,16H,1-3,8-10,14H2. The summed E-state index contributed by atoms with van der Waals surface area (Å²) < 4.78 is 0. The highest BCUT2D eigenvalue weighted by molar-refractivity contribution is 5.49. The first kappa shape index (κ1) is 11.4. The van der Waals surface area contributed by atoms with Gasteiger partial charge in [-0.05, 0) is 37.0 Å². The van der Waals surface area contributed by atoms with E-state index in [1.165, 1.54) is 24.9 Å². The van der Waals surface area contributed by atoms with Gasteiger partial charge in [0, 0.05) is 24.8 Å². The summed E-state index contributed by atoms with van der Waals surface area (Å²) in [5.74, 6) is 0. The highest BCUT2D eigenvalue weighted by atomic mass is 16.3. The normalized spacial score (nSPS) is 15.9. The van der Waals surface area contributed by atoms with Gasteiger partial charge in [-0.3, -0.25) is 0 Å². The van der Waals surface area contributed by atoms with Crippen LogP contribution >= 0.6 is 0 Å². The van der Waals surface area contributed by atoms with Crippen LogP contribution in [0.15, 0.2) is 24.3 Å². The molecule has 0 aliphatic heterocycles. The lowest BCUT2D eigenvalue weighted by atomic mass is 9.91. The van der Waals surface area contributed by atoms with Crippen molar-refractivity contribution in [3.8, 4) is 0 Å². The molecule has 0 heterocycles. The molecule has 0 amide bonds. The zero-order valence-corrected chi connectivity index (χ0v) is 9.60. The van der Waals surface area contributed by atoms with Crippen molar-refractivity contribution < 1.29 is 5.11 Å². The molecule has 1 aliphatic carbocycles. The molecule has 1 saturated carbocycles. The highest BCUT2D eigenvalue weighted by Gasteiger charge is 2.24. The van der Waals surface area contributed by atoms with Crippen molar-refractivity contribution >= 4 is 5.69 Å². The van der Waals surface area contributed by atoms with Crippen LogP contribution in [0.3, 0.4) is 0 Å². The number of nitrogens with zero attached hydrogens (tertiary/aromatic N) is 1. The smallest absolute Gasteiger partial charge is 0.0606 e. The molecule has 0 spiro atoms. The van der Waals surface area contributed by atoms with Gasteiger partial charge in [-0.25, -0.2) is 0 Å². The maximum absolute atomic E-state index is 9.11. The van der Waals surface area contributed by atoms with Crippen molar-refractivity contribution in [3.05, 3.63) is 29.8 Å². The molecule has 0 saturated heterocycles. The molecule has 0 atom stereocenters. The van der Waals surface area contributed by atoms with Crippen LogP contribution in [0.25, 0.3) is 0 Å². The average molecular weight is 220 g/mol. The molecule has 1 fully saturated rings. The first-order valence-corrected chi connectivity index (χ1v) is 6.01. The van der Waals surface area contributed by atoms with Crippen molar-refractivity contribution in [2.24, 2.45) is 5.73 Å². The summed E-state index contributed by atoms with van der Waals surface area (Å²) in [6.07, 6.45) is 3.81. The molecule has 1 aromatic carbocycles. The van der Waals surface area contributed by atoms with Crippen molar-refractivity contribution in [3.63, 3.8) is 0 Å². The minimum absolute atomic E-state index is 0.217. The number of anilines is 1. The second kappa shape index (κ2) is 5.32. The molecular formula is C13H20N2O. The number of aliphatic hydroxyl groups is 1. The predicted octanol–water partition coefficient (Wildman–Crippen LogP) is 1.50. The minimum Gasteiger partial charge on any atom is -0.395 e. The van der Waals surface area contributed by atoms with Crippen LogP contribution in [-0.4, -0.2) is 24.3 Å². The maximum Gasteiger partial charge on any atom is 0.0606 e. The topological polar surface area (TPSA) is 49.5 Å². The van der Waals surface area contributed by atoms with Gasteiger partial charge < -0.3 is 15.7 Å². The van der Waals surface area contributed by atoms with Crippen LogP contribution in [0, 0.1) is 0 Å². The lowest BCUT2D eigenvalue weighted by Gasteiger charge is -2.39. The molecule has 0 bridgehead atoms. The molecule has 2 rings (SSSR count). The van der Waals surface area contributed by atoms with E-state index in [0.29, 0.717) is 12.6 Å². The third-order valence-electron chi connectivity index (χ3n) is 3.36. The third-order valence-corrected chi connectivity index (χ3v) is 3.36. The Morgan fingerprint density at radius 2 is 1.94 bits per heavy atom. The molecule has 3 heteroatoms. The van der Waals surface area contributed by atoms with Crippen LogP contribution in [0.1, 0.15) is 24.8 Å². The van der Waals surface area contributed by atoms with Crippen LogP contribution in [-0.2, 0) is 6.54 Å². The van der Waals surface area contributed by atoms with Gasteiger partial charge in [-0.1, -0.05) is 12.1 Å². The van der Waals surface area contributed by atoms with E-state index in [-0.39, 0.29) is 6.61 Å². The van der Waals surface area contributed by atoms with E-state index in [2.05, 4.69) is 29.2 Å². The van der Waals surface area contributed by atoms with Crippen LogP contribution < -0.4 is 10.6 Å². The number of hydrogen-bond acceptors (Lipinski definition) is 3. The summed E-state index contributed by atoms with van der Waals surface area (Å²) in [6.45, 7) is 1.53. The third kappa shape index (κ3) is 2.36. The summed E-state index contributed by atoms with van der Waals surface area (Å²) in [6, 6.07) is 8.97. The first-order chi connectivity index (χ1) is 7.85. The Morgan fingerprint density at radius 3 is 2.38 bits per heavy atom. The summed E-state index contributed by atoms with van der Waals surface area (Å²) >= 11 is 0. The van der Waals surface area contributed by atoms with Gasteiger partial charge in [0.2, 0.25) is 0 Å². The monoisotopic (exact) mass is 220 g/mol. The van der Waals surface area contributed by atoms with E-state index in [1.54, 1.807) is 0 Å². The van der Waals surface area contributed by atoms with E-state index in [0.717, 1.165) is 12.1 Å². The Labute approximate surface area is 96.9 Å². The second-order valence-electron chi connectivity index (χ2n) is 4.37. The van der Waals surface area contributed by atoms with E-state index in [1.807, 2.05) is 0 Å². The number of benzene rings is 1. The fourth-order valence-electron chi connectivity index (χ4n) is 2.15. The van der Waals surface area contributed by atoms with Crippen molar-refractivity contribution in [2.45, 2.75) is 31.8 Å². The van der Waals surface area contributed by atoms with Crippen LogP contribution in [0.5, 0.6) is 0 Å². The molecule has 0 aromatic heterocycles. The van der Waals surface area contributed by atoms with Gasteiger partial charge in [-0.2, -0.15) is 0 Å². The fourth-order valence-corrected chi connectivity index (χ4v) is 2.15. The van der Waals surface area contributed by atoms with E-state index in [4.69, 9.17) is 10.8 Å². The molecule has 3 nitrogen and oxygen atoms in total. The first-order valence-electron chi connectivity index (χ1n) is 6.01. The Balaban J connectivity index is 2.10. The van der Waals surface area contributed by atoms with E-state index < -0.39 is 0 Å². The van der Waals surface area contributed by atoms with Crippen molar-refractivity contribution in [2.75, 3.05) is 18.1 Å². The summed E-state index contributed by atoms with van der Waals surface area (Å²) in [4.78, 5) is 2.31. The van der Waals surface area contributed by atoms with E-state index >= 15 is 0 Å². The summed E-state index contributed by atoms with van der Waals surface area (Å²) in [5, 5.41) is 9.11. The maximum atomic E-state index is 9.11. The Bertz CT molecular complexity index is 319. The highest BCUT2D eigenvalue weighted by Crippen LogP contribution is 2.29. The van der Waals surface area contributed by atoms with Gasteiger partial charge in [-0.15, -0.1) is 0 Å². The second-order valence-corrected chi connectivity index (χ2v) is 4.37. The summed E-state index contributed by atoms with van der Waals surface area (Å²) in [7, 11) is 0. The fraction of sp³-hybridized carbons (Fsp3) is 0.538. The van der Waals surface area contributed by atoms with Crippen molar-refractivity contribution in [1.29, 1.82) is 0 Å². The van der Waals surface area contributed by atoms with Gasteiger partial charge in [0.1, 0.15) is 0 Å². The number of aliphatic hydroxyl groups excluding tert-OH is 1. The lowest BCUT2D eigenvalue weighted by molar-refractivity contribution is 0.283. The Hall–Kier alpha value is -1.06. The Morgan fingerprint density at radius 1 is 1.25 bits per heavy atom. The number of hydrogen-bond donors (Lipinski definition) is 2. The van der Waals surface area contributed by atoms with Gasteiger partial charge in [0.15, 0.2) is 0 Å². The molecule has 1 aliphatic rings. The quantitative estimate of drug-likeness (QED) is 0.790. The van der Waals surface area contributed by atoms with Crippen molar-refractivity contribution in [1.82, 2.24) is 0 Å². The largest absolute Gasteiger partial charge is 0.395 e. The number of nitrogens with two attached hydrogens (primary N) is 1. The average Bonchev–Trinajstić information content (AvgIpc) is 2.26. The van der Waals surface area contributed by atoms with E-state index in [9.17, 15) is 0 Å². The zero-order valence-electron chi connectivity index (χ0n) is 9.60. The lowest BCUT2D eigenvalue weighted by Crippen LogP contribution is -2.41. The molecule has 1 aromatic rings. The van der Waals surface area contributed by atoms with Gasteiger partial charge in [0.25, 0.3) is 0 Å². The predicted molar refractivity (Wildman–Crippen MR) is 66.4 cm³/mol. The van der Waals surface area contributed by atoms with Gasteiger partial charge in [0.05, 0.1) is 6.61 Å². The molecule has 3 N–H and O–H groups in total. The molecular weight excluding hydrogens is 200 g/mol. The molecule has 0 radical (unpaired) electrons. The molecule has 16 heavy (non-hydrogen) atoms. The minimum atomic E-state index is 0.217. The van der Waals surface area contributed by atoms with Gasteiger partial charge >= 0.3 is 0 Å². The Kier molecular flexibility index (Phi) is 3.80. The summed E-state index contributed by atoms with van der Waals surface area (Å²) in [5.41, 5.74) is 7.94. The van der Waals surface area contributed by atoms with Crippen LogP contribution in [0.2, 0.25) is 0 Å².